The number of carboxylic acid groups (broad SMARTS) is 1. The molecular weight excluding hydrogens is 114 g/mol. The minimum atomic E-state index is -0.863. The van der Waals surface area contributed by atoms with E-state index in [-0.39, 0.29) is 6.54 Å². The standard InChI is InChI=1S/C3H7NO2S/c1-4(7)2-3(5)6/h7H,2H2,1H3,(H,5,6). The van der Waals surface area contributed by atoms with E-state index in [9.17, 15) is 4.79 Å². The van der Waals surface area contributed by atoms with Gasteiger partial charge in [-0.3, -0.25) is 4.79 Å². The van der Waals surface area contributed by atoms with Crippen molar-refractivity contribution >= 4 is 18.8 Å². The fourth-order valence-corrected chi connectivity index (χ4v) is 0.317. The Hall–Kier alpha value is -0.220. The molecule has 0 radical (unpaired) electrons. The Kier molecular flexibility index (Phi) is 2.78. The summed E-state index contributed by atoms with van der Waals surface area (Å²) >= 11 is 3.69. The van der Waals surface area contributed by atoms with Crippen LogP contribution in [-0.2, 0) is 4.79 Å². The van der Waals surface area contributed by atoms with Gasteiger partial charge in [-0.15, -0.1) is 0 Å². The van der Waals surface area contributed by atoms with Crippen LogP contribution in [0.25, 0.3) is 0 Å². The van der Waals surface area contributed by atoms with E-state index in [1.807, 2.05) is 0 Å². The van der Waals surface area contributed by atoms with Gasteiger partial charge in [-0.25, -0.2) is 4.31 Å². The highest BCUT2D eigenvalue weighted by atomic mass is 32.1. The summed E-state index contributed by atoms with van der Waals surface area (Å²) in [6.45, 7) is -0.0247. The molecule has 0 fully saturated rings. The fraction of sp³-hybridized carbons (Fsp3) is 0.667. The lowest BCUT2D eigenvalue weighted by Crippen LogP contribution is -2.15. The van der Waals surface area contributed by atoms with E-state index >= 15 is 0 Å². The van der Waals surface area contributed by atoms with E-state index in [2.05, 4.69) is 12.8 Å². The van der Waals surface area contributed by atoms with Crippen molar-refractivity contribution in [2.24, 2.45) is 0 Å². The van der Waals surface area contributed by atoms with Gasteiger partial charge >= 0.3 is 5.97 Å². The van der Waals surface area contributed by atoms with Crippen LogP contribution in [0.4, 0.5) is 0 Å². The van der Waals surface area contributed by atoms with Crippen molar-refractivity contribution in [3.63, 3.8) is 0 Å². The zero-order valence-corrected chi connectivity index (χ0v) is 4.85. The quantitative estimate of drug-likeness (QED) is 0.499. The summed E-state index contributed by atoms with van der Waals surface area (Å²) in [4.78, 5) is 9.72. The summed E-state index contributed by atoms with van der Waals surface area (Å²) in [5.74, 6) is -0.863. The summed E-state index contributed by atoms with van der Waals surface area (Å²) < 4.78 is 1.29. The van der Waals surface area contributed by atoms with Gasteiger partial charge in [0.15, 0.2) is 0 Å². The molecule has 0 heterocycles. The number of nitrogens with zero attached hydrogens (tertiary/aromatic N) is 1. The van der Waals surface area contributed by atoms with Crippen LogP contribution in [0.3, 0.4) is 0 Å². The van der Waals surface area contributed by atoms with Crippen LogP contribution in [0, 0.1) is 0 Å². The van der Waals surface area contributed by atoms with Crippen molar-refractivity contribution in [1.29, 1.82) is 0 Å². The van der Waals surface area contributed by atoms with Crippen LogP contribution in [0.15, 0.2) is 0 Å². The van der Waals surface area contributed by atoms with Gasteiger partial charge in [-0.1, -0.05) is 12.8 Å². The topological polar surface area (TPSA) is 40.5 Å². The Morgan fingerprint density at radius 3 is 2.43 bits per heavy atom. The third-order valence-electron chi connectivity index (χ3n) is 0.364. The molecule has 0 atom stereocenters. The normalized spacial score (nSPS) is 9.57. The maximum atomic E-state index is 9.72. The smallest absolute Gasteiger partial charge is 0.318 e. The van der Waals surface area contributed by atoms with Crippen LogP contribution < -0.4 is 0 Å². The fourth-order valence-electron chi connectivity index (χ4n) is 0.196. The molecule has 1 N–H and O–H groups in total. The number of likely N-dealkylation sites (N-methyl/N-ethyl adjacent to an activating group) is 1. The Bertz CT molecular complexity index is 73.3. The zero-order chi connectivity index (χ0) is 5.86. The molecule has 0 saturated heterocycles. The largest absolute Gasteiger partial charge is 0.480 e. The number of carboxylic acids is 1. The maximum Gasteiger partial charge on any atom is 0.318 e. The first-order valence-electron chi connectivity index (χ1n) is 1.74. The highest BCUT2D eigenvalue weighted by Gasteiger charge is 1.95. The molecule has 0 aromatic heterocycles. The van der Waals surface area contributed by atoms with Gasteiger partial charge in [0.05, 0.1) is 0 Å². The summed E-state index contributed by atoms with van der Waals surface area (Å²) in [6, 6.07) is 0. The summed E-state index contributed by atoms with van der Waals surface area (Å²) in [6.07, 6.45) is 0. The van der Waals surface area contributed by atoms with E-state index < -0.39 is 5.97 Å². The van der Waals surface area contributed by atoms with Crippen LogP contribution in [0.5, 0.6) is 0 Å². The van der Waals surface area contributed by atoms with E-state index in [1.165, 1.54) is 4.31 Å². The second-order valence-corrected chi connectivity index (χ2v) is 1.89. The molecule has 0 aliphatic heterocycles. The van der Waals surface area contributed by atoms with Crippen molar-refractivity contribution in [1.82, 2.24) is 4.31 Å². The van der Waals surface area contributed by atoms with Crippen LogP contribution in [0.2, 0.25) is 0 Å². The number of hydrogen-bond donors (Lipinski definition) is 2. The SMILES string of the molecule is CN(S)CC(=O)O. The van der Waals surface area contributed by atoms with Gasteiger partial charge in [0.25, 0.3) is 0 Å². The van der Waals surface area contributed by atoms with Crippen molar-refractivity contribution in [2.75, 3.05) is 13.6 Å². The molecule has 0 bridgehead atoms. The molecule has 4 heteroatoms. The Morgan fingerprint density at radius 1 is 2.00 bits per heavy atom. The predicted octanol–water partition coefficient (Wildman–Crippen LogP) is -0.152. The highest BCUT2D eigenvalue weighted by molar-refractivity contribution is 7.77. The van der Waals surface area contributed by atoms with Gasteiger partial charge < -0.3 is 5.11 Å². The number of aliphatic carboxylic acids is 1. The third kappa shape index (κ3) is 5.78. The predicted molar refractivity (Wildman–Crippen MR) is 29.3 cm³/mol. The van der Waals surface area contributed by atoms with Gasteiger partial charge in [0, 0.05) is 0 Å². The summed E-state index contributed by atoms with van der Waals surface area (Å²) in [5, 5.41) is 7.99. The minimum absolute atomic E-state index is 0.0247. The van der Waals surface area contributed by atoms with Crippen LogP contribution in [-0.4, -0.2) is 29.0 Å². The zero-order valence-electron chi connectivity index (χ0n) is 3.96. The molecule has 0 amide bonds. The van der Waals surface area contributed by atoms with Crippen molar-refractivity contribution in [3.05, 3.63) is 0 Å². The number of thiol groups is 1. The van der Waals surface area contributed by atoms with Crippen molar-refractivity contribution in [2.45, 2.75) is 0 Å². The first-order valence-corrected chi connectivity index (χ1v) is 2.14. The second kappa shape index (κ2) is 2.87. The average molecular weight is 121 g/mol. The van der Waals surface area contributed by atoms with Crippen molar-refractivity contribution < 1.29 is 9.90 Å². The van der Waals surface area contributed by atoms with Gasteiger partial charge in [-0.05, 0) is 7.05 Å². The first kappa shape index (κ1) is 6.78. The van der Waals surface area contributed by atoms with Gasteiger partial charge in [0.2, 0.25) is 0 Å². The molecule has 0 saturated carbocycles. The maximum absolute atomic E-state index is 9.72. The Morgan fingerprint density at radius 2 is 2.43 bits per heavy atom. The molecule has 0 aliphatic carbocycles. The van der Waals surface area contributed by atoms with E-state index in [4.69, 9.17) is 5.11 Å². The molecule has 0 rings (SSSR count). The molecule has 0 aliphatic rings. The highest BCUT2D eigenvalue weighted by Crippen LogP contribution is 1.82. The molecule has 42 valence electrons. The minimum Gasteiger partial charge on any atom is -0.480 e. The molecule has 0 aromatic carbocycles. The number of hydrogen-bond acceptors (Lipinski definition) is 3. The molecule has 0 aromatic rings. The summed E-state index contributed by atoms with van der Waals surface area (Å²) in [7, 11) is 1.58. The average Bonchev–Trinajstić information content (AvgIpc) is 1.27. The molecule has 0 spiro atoms. The van der Waals surface area contributed by atoms with E-state index in [1.54, 1.807) is 7.05 Å². The summed E-state index contributed by atoms with van der Waals surface area (Å²) in [5.41, 5.74) is 0. The van der Waals surface area contributed by atoms with Crippen molar-refractivity contribution in [3.8, 4) is 0 Å². The Balaban J connectivity index is 3.13. The van der Waals surface area contributed by atoms with Gasteiger partial charge in [0.1, 0.15) is 6.54 Å². The Labute approximate surface area is 47.5 Å². The lowest BCUT2D eigenvalue weighted by atomic mass is 10.7. The molecule has 0 unspecified atom stereocenters. The molecule has 7 heavy (non-hydrogen) atoms. The van der Waals surface area contributed by atoms with Crippen LogP contribution in [0.1, 0.15) is 0 Å². The first-order chi connectivity index (χ1) is 3.13. The van der Waals surface area contributed by atoms with E-state index in [0.29, 0.717) is 0 Å². The number of carbonyl (C=O) groups is 1. The van der Waals surface area contributed by atoms with Gasteiger partial charge in [-0.2, -0.15) is 0 Å². The lowest BCUT2D eigenvalue weighted by molar-refractivity contribution is -0.136. The molecule has 3 nitrogen and oxygen atoms in total. The molecular formula is C3H7NO2S. The monoisotopic (exact) mass is 121 g/mol. The second-order valence-electron chi connectivity index (χ2n) is 1.21. The lowest BCUT2D eigenvalue weighted by Gasteiger charge is -2.00. The van der Waals surface area contributed by atoms with Crippen LogP contribution >= 0.6 is 12.8 Å². The van der Waals surface area contributed by atoms with E-state index in [0.717, 1.165) is 0 Å². The third-order valence-corrected chi connectivity index (χ3v) is 0.506. The number of rotatable bonds is 2.